The van der Waals surface area contributed by atoms with Crippen molar-refractivity contribution in [3.8, 4) is 0 Å². The third kappa shape index (κ3) is 5.15. The molecule has 1 aromatic heterocycles. The summed E-state index contributed by atoms with van der Waals surface area (Å²) in [5.74, 6) is -0.185. The fourth-order valence-corrected chi connectivity index (χ4v) is 3.26. The molecule has 2 heterocycles. The molecule has 0 atom stereocenters. The standard InChI is InChI=1S/C20H26FN5O2/c1-14(2)12-22-20(28)18-13-26(24-23-18)17-6-8-25(9-7-17)19(27)11-15-4-3-5-16(21)10-15/h3-5,10,13-14,17H,6-9,11-12H2,1-2H3,(H,22,28). The Morgan fingerprint density at radius 1 is 1.29 bits per heavy atom. The second-order valence-corrected chi connectivity index (χ2v) is 7.61. The zero-order valence-electron chi connectivity index (χ0n) is 16.3. The molecule has 28 heavy (non-hydrogen) atoms. The first-order chi connectivity index (χ1) is 13.4. The fraction of sp³-hybridized carbons (Fsp3) is 0.500. The molecule has 0 radical (unpaired) electrons. The zero-order chi connectivity index (χ0) is 20.1. The number of carbonyl (C=O) groups is 2. The van der Waals surface area contributed by atoms with Crippen molar-refractivity contribution in [3.63, 3.8) is 0 Å². The Morgan fingerprint density at radius 3 is 2.71 bits per heavy atom. The van der Waals surface area contributed by atoms with Gasteiger partial charge in [0.15, 0.2) is 5.69 Å². The van der Waals surface area contributed by atoms with Crippen LogP contribution in [0.15, 0.2) is 30.5 Å². The minimum atomic E-state index is -0.330. The topological polar surface area (TPSA) is 80.1 Å². The summed E-state index contributed by atoms with van der Waals surface area (Å²) >= 11 is 0. The van der Waals surface area contributed by atoms with Crippen LogP contribution in [0, 0.1) is 11.7 Å². The molecule has 150 valence electrons. The molecule has 1 aliphatic rings. The molecule has 2 aromatic rings. The Balaban J connectivity index is 1.51. The van der Waals surface area contributed by atoms with Gasteiger partial charge in [-0.15, -0.1) is 5.10 Å². The van der Waals surface area contributed by atoms with Gasteiger partial charge < -0.3 is 10.2 Å². The molecule has 0 unspecified atom stereocenters. The first kappa shape index (κ1) is 20.0. The van der Waals surface area contributed by atoms with E-state index in [4.69, 9.17) is 0 Å². The van der Waals surface area contributed by atoms with Crippen molar-refractivity contribution in [3.05, 3.63) is 47.5 Å². The molecular formula is C20H26FN5O2. The lowest BCUT2D eigenvalue weighted by atomic mass is 10.0. The van der Waals surface area contributed by atoms with Crippen molar-refractivity contribution in [2.45, 2.75) is 39.2 Å². The minimum absolute atomic E-state index is 0.00334. The summed E-state index contributed by atoms with van der Waals surface area (Å²) < 4.78 is 15.0. The number of amides is 2. The van der Waals surface area contributed by atoms with Crippen molar-refractivity contribution < 1.29 is 14.0 Å². The van der Waals surface area contributed by atoms with E-state index in [2.05, 4.69) is 15.6 Å². The van der Waals surface area contributed by atoms with Gasteiger partial charge in [0.1, 0.15) is 5.82 Å². The second-order valence-electron chi connectivity index (χ2n) is 7.61. The highest BCUT2D eigenvalue weighted by Crippen LogP contribution is 2.22. The number of carbonyl (C=O) groups excluding carboxylic acids is 2. The van der Waals surface area contributed by atoms with E-state index in [1.807, 2.05) is 13.8 Å². The lowest BCUT2D eigenvalue weighted by Crippen LogP contribution is -2.40. The molecule has 0 saturated carbocycles. The van der Waals surface area contributed by atoms with Crippen molar-refractivity contribution in [2.24, 2.45) is 5.92 Å². The first-order valence-corrected chi connectivity index (χ1v) is 9.64. The molecule has 8 heteroatoms. The predicted molar refractivity (Wildman–Crippen MR) is 102 cm³/mol. The van der Waals surface area contributed by atoms with Gasteiger partial charge in [-0.1, -0.05) is 31.2 Å². The van der Waals surface area contributed by atoms with E-state index in [0.717, 1.165) is 12.8 Å². The number of likely N-dealkylation sites (tertiary alicyclic amines) is 1. The van der Waals surface area contributed by atoms with Gasteiger partial charge in [-0.25, -0.2) is 9.07 Å². The monoisotopic (exact) mass is 387 g/mol. The number of benzene rings is 1. The van der Waals surface area contributed by atoms with Gasteiger partial charge in [0, 0.05) is 19.6 Å². The Morgan fingerprint density at radius 2 is 2.04 bits per heavy atom. The lowest BCUT2D eigenvalue weighted by Gasteiger charge is -2.32. The van der Waals surface area contributed by atoms with E-state index < -0.39 is 0 Å². The van der Waals surface area contributed by atoms with Crippen LogP contribution in [0.5, 0.6) is 0 Å². The highest BCUT2D eigenvalue weighted by atomic mass is 19.1. The molecular weight excluding hydrogens is 361 g/mol. The molecule has 2 amide bonds. The number of hydrogen-bond donors (Lipinski definition) is 1. The summed E-state index contributed by atoms with van der Waals surface area (Å²) in [6, 6.07) is 6.25. The van der Waals surface area contributed by atoms with E-state index in [1.54, 1.807) is 27.9 Å². The summed E-state index contributed by atoms with van der Waals surface area (Å²) in [5.41, 5.74) is 0.991. The van der Waals surface area contributed by atoms with Crippen LogP contribution in [0.2, 0.25) is 0 Å². The summed E-state index contributed by atoms with van der Waals surface area (Å²) in [6.45, 7) is 5.86. The number of nitrogens with zero attached hydrogens (tertiary/aromatic N) is 4. The van der Waals surface area contributed by atoms with Gasteiger partial charge in [0.2, 0.25) is 5.91 Å². The van der Waals surface area contributed by atoms with Gasteiger partial charge in [-0.05, 0) is 36.5 Å². The van der Waals surface area contributed by atoms with Gasteiger partial charge in [0.25, 0.3) is 5.91 Å². The number of hydrogen-bond acceptors (Lipinski definition) is 4. The maximum absolute atomic E-state index is 13.3. The van der Waals surface area contributed by atoms with Crippen molar-refractivity contribution in [1.29, 1.82) is 0 Å². The maximum Gasteiger partial charge on any atom is 0.273 e. The average Bonchev–Trinajstić information content (AvgIpc) is 3.16. The third-order valence-corrected chi connectivity index (χ3v) is 4.85. The third-order valence-electron chi connectivity index (χ3n) is 4.85. The van der Waals surface area contributed by atoms with Crippen LogP contribution < -0.4 is 5.32 Å². The molecule has 1 fully saturated rings. The molecule has 0 aliphatic carbocycles. The first-order valence-electron chi connectivity index (χ1n) is 9.64. The van der Waals surface area contributed by atoms with E-state index in [0.29, 0.717) is 36.8 Å². The average molecular weight is 387 g/mol. The molecule has 3 rings (SSSR count). The normalized spacial score (nSPS) is 15.1. The van der Waals surface area contributed by atoms with E-state index in [9.17, 15) is 14.0 Å². The van der Waals surface area contributed by atoms with Crippen LogP contribution in [0.25, 0.3) is 0 Å². The molecule has 1 saturated heterocycles. The lowest BCUT2D eigenvalue weighted by molar-refractivity contribution is -0.131. The number of nitrogens with one attached hydrogen (secondary N) is 1. The van der Waals surface area contributed by atoms with Crippen LogP contribution in [0.4, 0.5) is 4.39 Å². The van der Waals surface area contributed by atoms with E-state index in [-0.39, 0.29) is 30.1 Å². The van der Waals surface area contributed by atoms with Crippen LogP contribution >= 0.6 is 0 Å². The molecule has 7 nitrogen and oxygen atoms in total. The molecule has 1 aromatic carbocycles. The van der Waals surface area contributed by atoms with Gasteiger partial charge in [-0.2, -0.15) is 0 Å². The Hall–Kier alpha value is -2.77. The maximum atomic E-state index is 13.3. The van der Waals surface area contributed by atoms with Crippen LogP contribution in [-0.4, -0.2) is 51.3 Å². The van der Waals surface area contributed by atoms with Crippen molar-refractivity contribution in [1.82, 2.24) is 25.2 Å². The number of rotatable bonds is 6. The molecule has 0 bridgehead atoms. The number of aromatic nitrogens is 3. The van der Waals surface area contributed by atoms with Gasteiger partial charge in [-0.3, -0.25) is 9.59 Å². The van der Waals surface area contributed by atoms with Crippen molar-refractivity contribution in [2.75, 3.05) is 19.6 Å². The van der Waals surface area contributed by atoms with Crippen LogP contribution in [0.1, 0.15) is 48.8 Å². The quantitative estimate of drug-likeness (QED) is 0.824. The Bertz CT molecular complexity index is 828. The number of piperidine rings is 1. The van der Waals surface area contributed by atoms with Crippen LogP contribution in [-0.2, 0) is 11.2 Å². The van der Waals surface area contributed by atoms with Crippen LogP contribution in [0.3, 0.4) is 0 Å². The Kier molecular flexibility index (Phi) is 6.38. The predicted octanol–water partition coefficient (Wildman–Crippen LogP) is 2.21. The largest absolute Gasteiger partial charge is 0.350 e. The highest BCUT2D eigenvalue weighted by Gasteiger charge is 2.25. The second kappa shape index (κ2) is 8.95. The van der Waals surface area contributed by atoms with Gasteiger partial charge >= 0.3 is 0 Å². The summed E-state index contributed by atoms with van der Waals surface area (Å²) in [7, 11) is 0. The highest BCUT2D eigenvalue weighted by molar-refractivity contribution is 5.91. The summed E-state index contributed by atoms with van der Waals surface area (Å²) in [4.78, 5) is 26.3. The number of halogens is 1. The molecule has 0 spiro atoms. The summed E-state index contributed by atoms with van der Waals surface area (Å²) in [6.07, 6.45) is 3.35. The smallest absolute Gasteiger partial charge is 0.273 e. The fourth-order valence-electron chi connectivity index (χ4n) is 3.26. The molecule has 1 aliphatic heterocycles. The minimum Gasteiger partial charge on any atom is -0.350 e. The van der Waals surface area contributed by atoms with Gasteiger partial charge in [0.05, 0.1) is 18.7 Å². The molecule has 1 N–H and O–H groups in total. The van der Waals surface area contributed by atoms with E-state index in [1.165, 1.54) is 12.1 Å². The van der Waals surface area contributed by atoms with E-state index >= 15 is 0 Å². The summed E-state index contributed by atoms with van der Waals surface area (Å²) in [5, 5.41) is 10.9. The van der Waals surface area contributed by atoms with Crippen molar-refractivity contribution >= 4 is 11.8 Å². The zero-order valence-corrected chi connectivity index (χ0v) is 16.3. The Labute approximate surface area is 163 Å². The SMILES string of the molecule is CC(C)CNC(=O)c1cn(C2CCN(C(=O)Cc3cccc(F)c3)CC2)nn1.